The molecule has 1 aromatic carbocycles. The van der Waals surface area contributed by atoms with Crippen molar-refractivity contribution in [3.05, 3.63) is 58.4 Å². The molecule has 8 nitrogen and oxygen atoms in total. The summed E-state index contributed by atoms with van der Waals surface area (Å²) in [6.45, 7) is 1.86. The van der Waals surface area contributed by atoms with Crippen molar-refractivity contribution in [2.75, 3.05) is 12.4 Å². The van der Waals surface area contributed by atoms with E-state index in [1.807, 2.05) is 6.92 Å². The normalized spacial score (nSPS) is 11.6. The van der Waals surface area contributed by atoms with Gasteiger partial charge >= 0.3 is 5.69 Å². The summed E-state index contributed by atoms with van der Waals surface area (Å²) in [5.41, 5.74) is 1.08. The van der Waals surface area contributed by atoms with Crippen molar-refractivity contribution in [1.82, 2.24) is 8.96 Å². The Bertz CT molecular complexity index is 1040. The first-order valence-corrected chi connectivity index (χ1v) is 8.44. The minimum atomic E-state index is -3.84. The molecule has 124 valence electrons. The Hall–Kier alpha value is -2.94. The largest absolute Gasteiger partial charge is 0.382 e. The third-order valence-electron chi connectivity index (χ3n) is 3.69. The van der Waals surface area contributed by atoms with E-state index in [1.165, 1.54) is 31.4 Å². The standard InChI is InChI=1S/C15H14N4O4S/c1-10-3-5-11(6-4-10)24(22,23)18-8-7-12-14(16-2)13(19(20)21)9-17-15(12)18/h3-9H,1-2H3,(H,16,17). The van der Waals surface area contributed by atoms with Crippen LogP contribution in [0.4, 0.5) is 11.4 Å². The number of nitro groups is 1. The second-order valence-electron chi connectivity index (χ2n) is 5.19. The highest BCUT2D eigenvalue weighted by molar-refractivity contribution is 7.90. The van der Waals surface area contributed by atoms with E-state index in [4.69, 9.17) is 0 Å². The van der Waals surface area contributed by atoms with Gasteiger partial charge in [0.25, 0.3) is 10.0 Å². The highest BCUT2D eigenvalue weighted by Crippen LogP contribution is 2.33. The van der Waals surface area contributed by atoms with Gasteiger partial charge in [0, 0.05) is 13.2 Å². The molecular formula is C15H14N4O4S. The van der Waals surface area contributed by atoms with Crippen LogP contribution in [0, 0.1) is 17.0 Å². The molecular weight excluding hydrogens is 332 g/mol. The molecule has 24 heavy (non-hydrogen) atoms. The Morgan fingerprint density at radius 1 is 1.21 bits per heavy atom. The molecule has 0 unspecified atom stereocenters. The van der Waals surface area contributed by atoms with E-state index in [2.05, 4.69) is 10.3 Å². The molecule has 0 spiro atoms. The number of pyridine rings is 1. The van der Waals surface area contributed by atoms with E-state index in [9.17, 15) is 18.5 Å². The molecule has 1 N–H and O–H groups in total. The van der Waals surface area contributed by atoms with Crippen molar-refractivity contribution in [2.24, 2.45) is 0 Å². The number of aryl methyl sites for hydroxylation is 1. The average molecular weight is 346 g/mol. The van der Waals surface area contributed by atoms with Crippen molar-refractivity contribution in [3.8, 4) is 0 Å². The number of hydrogen-bond donors (Lipinski definition) is 1. The second-order valence-corrected chi connectivity index (χ2v) is 7.01. The number of rotatable bonds is 4. The van der Waals surface area contributed by atoms with Gasteiger partial charge in [-0.15, -0.1) is 0 Å². The summed E-state index contributed by atoms with van der Waals surface area (Å²) < 4.78 is 26.6. The quantitative estimate of drug-likeness (QED) is 0.574. The summed E-state index contributed by atoms with van der Waals surface area (Å²) >= 11 is 0. The van der Waals surface area contributed by atoms with Crippen molar-refractivity contribution in [1.29, 1.82) is 0 Å². The van der Waals surface area contributed by atoms with Gasteiger partial charge in [-0.25, -0.2) is 17.4 Å². The Labute approximate surface area is 138 Å². The fourth-order valence-electron chi connectivity index (χ4n) is 2.47. The van der Waals surface area contributed by atoms with Crippen LogP contribution in [0.2, 0.25) is 0 Å². The maximum absolute atomic E-state index is 12.8. The van der Waals surface area contributed by atoms with Crippen LogP contribution in [0.15, 0.2) is 47.6 Å². The fraction of sp³-hybridized carbons (Fsp3) is 0.133. The molecule has 0 aliphatic heterocycles. The van der Waals surface area contributed by atoms with Gasteiger partial charge in [-0.2, -0.15) is 0 Å². The summed E-state index contributed by atoms with van der Waals surface area (Å²) in [5.74, 6) is 0. The number of hydrogen-bond acceptors (Lipinski definition) is 6. The minimum Gasteiger partial charge on any atom is -0.382 e. The van der Waals surface area contributed by atoms with Gasteiger partial charge in [-0.3, -0.25) is 10.1 Å². The lowest BCUT2D eigenvalue weighted by molar-refractivity contribution is -0.384. The van der Waals surface area contributed by atoms with Gasteiger partial charge in [-0.1, -0.05) is 17.7 Å². The molecule has 2 aromatic heterocycles. The monoisotopic (exact) mass is 346 g/mol. The first-order valence-electron chi connectivity index (χ1n) is 7.00. The Morgan fingerprint density at radius 2 is 1.88 bits per heavy atom. The molecule has 0 amide bonds. The number of anilines is 1. The number of nitrogens with one attached hydrogen (secondary N) is 1. The van der Waals surface area contributed by atoms with Crippen molar-refractivity contribution in [3.63, 3.8) is 0 Å². The van der Waals surface area contributed by atoms with Gasteiger partial charge in [-0.05, 0) is 25.1 Å². The highest BCUT2D eigenvalue weighted by atomic mass is 32.2. The molecule has 0 atom stereocenters. The van der Waals surface area contributed by atoms with Crippen LogP contribution in [0.1, 0.15) is 5.56 Å². The molecule has 2 heterocycles. The zero-order chi connectivity index (χ0) is 17.5. The third-order valence-corrected chi connectivity index (χ3v) is 5.37. The van der Waals surface area contributed by atoms with Crippen LogP contribution in [0.3, 0.4) is 0 Å². The van der Waals surface area contributed by atoms with Crippen LogP contribution >= 0.6 is 0 Å². The van der Waals surface area contributed by atoms with Crippen LogP contribution in [-0.4, -0.2) is 29.3 Å². The molecule has 0 aliphatic rings. The average Bonchev–Trinajstić information content (AvgIpc) is 2.99. The maximum atomic E-state index is 12.8. The van der Waals surface area contributed by atoms with Crippen molar-refractivity contribution >= 4 is 32.4 Å². The second kappa shape index (κ2) is 5.60. The SMILES string of the molecule is CNc1c([N+](=O)[O-])cnc2c1ccn2S(=O)(=O)c1ccc(C)cc1. The summed E-state index contributed by atoms with van der Waals surface area (Å²) in [5, 5.41) is 14.2. The minimum absolute atomic E-state index is 0.122. The van der Waals surface area contributed by atoms with E-state index in [0.29, 0.717) is 5.39 Å². The van der Waals surface area contributed by atoms with Crippen molar-refractivity contribution < 1.29 is 13.3 Å². The zero-order valence-electron chi connectivity index (χ0n) is 12.9. The lowest BCUT2D eigenvalue weighted by Crippen LogP contribution is -2.12. The fourth-order valence-corrected chi connectivity index (χ4v) is 3.77. The van der Waals surface area contributed by atoms with Crippen molar-refractivity contribution in [2.45, 2.75) is 11.8 Å². The van der Waals surface area contributed by atoms with E-state index in [0.717, 1.165) is 15.7 Å². The highest BCUT2D eigenvalue weighted by Gasteiger charge is 2.24. The van der Waals surface area contributed by atoms with E-state index >= 15 is 0 Å². The smallest absolute Gasteiger partial charge is 0.311 e. The van der Waals surface area contributed by atoms with E-state index in [1.54, 1.807) is 12.1 Å². The molecule has 0 fully saturated rings. The number of aromatic nitrogens is 2. The van der Waals surface area contributed by atoms with Gasteiger partial charge in [0.05, 0.1) is 15.2 Å². The molecule has 0 saturated heterocycles. The van der Waals surface area contributed by atoms with Gasteiger partial charge < -0.3 is 5.32 Å². The summed E-state index contributed by atoms with van der Waals surface area (Å²) in [6.07, 6.45) is 2.40. The van der Waals surface area contributed by atoms with E-state index in [-0.39, 0.29) is 21.9 Å². The number of fused-ring (bicyclic) bond motifs is 1. The molecule has 9 heteroatoms. The molecule has 0 radical (unpaired) electrons. The molecule has 3 aromatic rings. The van der Waals surface area contributed by atoms with Gasteiger partial charge in [0.2, 0.25) is 0 Å². The predicted octanol–water partition coefficient (Wildman–Crippen LogP) is 2.53. The summed E-state index contributed by atoms with van der Waals surface area (Å²) in [4.78, 5) is 14.6. The van der Waals surface area contributed by atoms with Crippen LogP contribution in [0.25, 0.3) is 11.0 Å². The topological polar surface area (TPSA) is 107 Å². The first-order chi connectivity index (χ1) is 11.4. The Balaban J connectivity index is 2.25. The third kappa shape index (κ3) is 2.38. The van der Waals surface area contributed by atoms with Crippen LogP contribution < -0.4 is 5.32 Å². The zero-order valence-corrected chi connectivity index (χ0v) is 13.7. The lowest BCUT2D eigenvalue weighted by atomic mass is 10.2. The summed E-state index contributed by atoms with van der Waals surface area (Å²) in [6, 6.07) is 7.93. The van der Waals surface area contributed by atoms with Gasteiger partial charge in [0.15, 0.2) is 5.65 Å². The number of benzene rings is 1. The van der Waals surface area contributed by atoms with Crippen LogP contribution in [-0.2, 0) is 10.0 Å². The molecule has 0 bridgehead atoms. The first kappa shape index (κ1) is 15.9. The molecule has 0 aliphatic carbocycles. The Morgan fingerprint density at radius 3 is 2.46 bits per heavy atom. The maximum Gasteiger partial charge on any atom is 0.311 e. The van der Waals surface area contributed by atoms with Gasteiger partial charge in [0.1, 0.15) is 11.9 Å². The predicted molar refractivity (Wildman–Crippen MR) is 89.7 cm³/mol. The number of nitrogens with zero attached hydrogens (tertiary/aromatic N) is 3. The van der Waals surface area contributed by atoms with Crippen LogP contribution in [0.5, 0.6) is 0 Å². The van der Waals surface area contributed by atoms with E-state index < -0.39 is 14.9 Å². The molecule has 3 rings (SSSR count). The Kier molecular flexibility index (Phi) is 3.72. The lowest BCUT2D eigenvalue weighted by Gasteiger charge is -2.08. The summed E-state index contributed by atoms with van der Waals surface area (Å²) in [7, 11) is -2.31. The molecule has 0 saturated carbocycles.